The molecule has 1 fully saturated rings. The minimum atomic E-state index is -3.68. The van der Waals surface area contributed by atoms with E-state index >= 15 is 0 Å². The predicted molar refractivity (Wildman–Crippen MR) is 125 cm³/mol. The monoisotopic (exact) mass is 481 g/mol. The van der Waals surface area contributed by atoms with Crippen LogP contribution in [0.1, 0.15) is 64.4 Å². The number of ketones is 1. The molecular weight excluding hydrogens is 454 g/mol. The van der Waals surface area contributed by atoms with Gasteiger partial charge in [0.25, 0.3) is 0 Å². The molecule has 1 spiro atoms. The number of nitriles is 1. The standard InChI is InChI=1S/C25H27N3O5S/c26-14-16-1-4-19-18(11-16)3-5-21(24(19)30)28-9-7-25(8-10-28)13-22(29)20-12-17(15-34(27,31)32)2-6-23(20)33-25/h1-2,4,6,11-12,21,24,30H,3,5,7-10,13,15H2,(H2,27,31,32). The number of nitrogens with two attached hydrogens (primary N) is 1. The molecule has 1 aliphatic carbocycles. The van der Waals surface area contributed by atoms with Gasteiger partial charge in [0.05, 0.1) is 35.5 Å². The molecule has 3 N–H and O–H groups in total. The summed E-state index contributed by atoms with van der Waals surface area (Å²) >= 11 is 0. The lowest BCUT2D eigenvalue weighted by atomic mass is 9.79. The van der Waals surface area contributed by atoms with E-state index in [2.05, 4.69) is 11.0 Å². The average molecular weight is 482 g/mol. The number of Topliss-reactive ketones (excluding diaryl/α,β-unsaturated/α-hetero) is 1. The highest BCUT2D eigenvalue weighted by Crippen LogP contribution is 2.42. The topological polar surface area (TPSA) is 134 Å². The maximum Gasteiger partial charge on any atom is 0.213 e. The summed E-state index contributed by atoms with van der Waals surface area (Å²) in [5.74, 6) is 0.118. The number of piperidine rings is 1. The highest BCUT2D eigenvalue weighted by molar-refractivity contribution is 7.88. The van der Waals surface area contributed by atoms with Crippen LogP contribution in [0.2, 0.25) is 0 Å². The van der Waals surface area contributed by atoms with E-state index in [1.165, 1.54) is 0 Å². The summed E-state index contributed by atoms with van der Waals surface area (Å²) in [6.45, 7) is 1.42. The molecule has 2 aromatic carbocycles. The van der Waals surface area contributed by atoms with Crippen LogP contribution in [0, 0.1) is 11.3 Å². The Morgan fingerprint density at radius 3 is 2.68 bits per heavy atom. The summed E-state index contributed by atoms with van der Waals surface area (Å²) in [7, 11) is -3.68. The van der Waals surface area contributed by atoms with Crippen molar-refractivity contribution in [2.24, 2.45) is 5.14 Å². The van der Waals surface area contributed by atoms with Gasteiger partial charge in [0.15, 0.2) is 5.78 Å². The quantitative estimate of drug-likeness (QED) is 0.686. The van der Waals surface area contributed by atoms with Gasteiger partial charge < -0.3 is 9.84 Å². The molecule has 178 valence electrons. The molecule has 2 unspecified atom stereocenters. The molecule has 0 amide bonds. The van der Waals surface area contributed by atoms with Crippen molar-refractivity contribution in [1.29, 1.82) is 5.26 Å². The van der Waals surface area contributed by atoms with Gasteiger partial charge in [-0.3, -0.25) is 9.69 Å². The predicted octanol–water partition coefficient (Wildman–Crippen LogP) is 2.19. The van der Waals surface area contributed by atoms with Gasteiger partial charge in [-0.2, -0.15) is 5.26 Å². The molecule has 1 saturated heterocycles. The Morgan fingerprint density at radius 2 is 1.97 bits per heavy atom. The van der Waals surface area contributed by atoms with Crippen LogP contribution < -0.4 is 9.88 Å². The molecule has 2 aliphatic heterocycles. The molecule has 2 aromatic rings. The molecule has 0 radical (unpaired) electrons. The second kappa shape index (κ2) is 8.47. The lowest BCUT2D eigenvalue weighted by Gasteiger charge is -2.47. The fourth-order valence-corrected chi connectivity index (χ4v) is 6.28. The molecule has 0 saturated carbocycles. The fraction of sp³-hybridized carbons (Fsp3) is 0.440. The highest BCUT2D eigenvalue weighted by atomic mass is 32.2. The van der Waals surface area contributed by atoms with E-state index in [0.29, 0.717) is 48.4 Å². The van der Waals surface area contributed by atoms with Crippen LogP contribution in [0.4, 0.5) is 0 Å². The normalized spacial score (nSPS) is 24.1. The molecule has 8 nitrogen and oxygen atoms in total. The van der Waals surface area contributed by atoms with E-state index in [1.807, 2.05) is 12.1 Å². The summed E-state index contributed by atoms with van der Waals surface area (Å²) in [5.41, 5.74) is 2.84. The second-order valence-electron chi connectivity index (χ2n) is 9.63. The smallest absolute Gasteiger partial charge is 0.213 e. The maximum atomic E-state index is 13.0. The van der Waals surface area contributed by atoms with Gasteiger partial charge in [-0.05, 0) is 53.8 Å². The van der Waals surface area contributed by atoms with Crippen LogP contribution in [0.15, 0.2) is 36.4 Å². The number of ether oxygens (including phenoxy) is 1. The summed E-state index contributed by atoms with van der Waals surface area (Å²) < 4.78 is 29.1. The van der Waals surface area contributed by atoms with Gasteiger partial charge in [-0.25, -0.2) is 13.6 Å². The van der Waals surface area contributed by atoms with E-state index in [4.69, 9.17) is 15.1 Å². The van der Waals surface area contributed by atoms with Crippen LogP contribution in [0.25, 0.3) is 0 Å². The van der Waals surface area contributed by atoms with Crippen molar-refractivity contribution in [3.63, 3.8) is 0 Å². The first-order valence-corrected chi connectivity index (χ1v) is 13.2. The minimum Gasteiger partial charge on any atom is -0.486 e. The first kappa shape index (κ1) is 23.0. The molecule has 3 aliphatic rings. The van der Waals surface area contributed by atoms with E-state index in [0.717, 1.165) is 24.0 Å². The molecule has 5 rings (SSSR count). The van der Waals surface area contributed by atoms with Crippen molar-refractivity contribution >= 4 is 15.8 Å². The minimum absolute atomic E-state index is 0.00914. The molecule has 0 bridgehead atoms. The van der Waals surface area contributed by atoms with Crippen LogP contribution >= 0.6 is 0 Å². The number of carbonyl (C=O) groups is 1. The van der Waals surface area contributed by atoms with Gasteiger partial charge in [-0.1, -0.05) is 12.1 Å². The van der Waals surface area contributed by atoms with Crippen molar-refractivity contribution in [2.75, 3.05) is 13.1 Å². The summed E-state index contributed by atoms with van der Waals surface area (Å²) in [6, 6.07) is 12.5. The zero-order chi connectivity index (χ0) is 24.1. The van der Waals surface area contributed by atoms with Crippen molar-refractivity contribution in [2.45, 2.75) is 55.6 Å². The molecule has 34 heavy (non-hydrogen) atoms. The van der Waals surface area contributed by atoms with E-state index in [9.17, 15) is 18.3 Å². The Labute approximate surface area is 199 Å². The number of carbonyl (C=O) groups excluding carboxylic acids is 1. The molecule has 0 aromatic heterocycles. The zero-order valence-electron chi connectivity index (χ0n) is 18.7. The first-order chi connectivity index (χ1) is 16.2. The Morgan fingerprint density at radius 1 is 1.21 bits per heavy atom. The van der Waals surface area contributed by atoms with Crippen LogP contribution in [-0.4, -0.2) is 48.9 Å². The molecule has 9 heteroatoms. The van der Waals surface area contributed by atoms with Gasteiger partial charge in [-0.15, -0.1) is 0 Å². The number of rotatable bonds is 3. The number of hydrogen-bond donors (Lipinski definition) is 2. The van der Waals surface area contributed by atoms with Crippen LogP contribution in [0.3, 0.4) is 0 Å². The third-order valence-electron chi connectivity index (χ3n) is 7.36. The number of likely N-dealkylation sites (tertiary alicyclic amines) is 1. The number of benzene rings is 2. The van der Waals surface area contributed by atoms with Gasteiger partial charge in [0, 0.05) is 32.0 Å². The van der Waals surface area contributed by atoms with Crippen molar-refractivity contribution in [3.05, 3.63) is 64.2 Å². The van der Waals surface area contributed by atoms with Crippen molar-refractivity contribution < 1.29 is 23.1 Å². The number of aliphatic hydroxyl groups is 1. The Balaban J connectivity index is 1.28. The summed E-state index contributed by atoms with van der Waals surface area (Å²) in [5, 5.41) is 25.3. The average Bonchev–Trinajstić information content (AvgIpc) is 2.79. The SMILES string of the molecule is N#Cc1ccc2c(c1)CCC(N1CCC3(CC1)CC(=O)c1cc(CS(N)(=O)=O)ccc1O3)C2O. The Kier molecular flexibility index (Phi) is 5.73. The van der Waals surface area contributed by atoms with E-state index in [-0.39, 0.29) is 24.0 Å². The fourth-order valence-electron chi connectivity index (χ4n) is 5.64. The van der Waals surface area contributed by atoms with E-state index < -0.39 is 21.7 Å². The number of aryl methyl sites for hydroxylation is 1. The Hall–Kier alpha value is -2.77. The number of primary sulfonamides is 1. The van der Waals surface area contributed by atoms with Crippen LogP contribution in [0.5, 0.6) is 5.75 Å². The third kappa shape index (κ3) is 4.34. The van der Waals surface area contributed by atoms with Crippen molar-refractivity contribution in [3.8, 4) is 11.8 Å². The third-order valence-corrected chi connectivity index (χ3v) is 8.10. The van der Waals surface area contributed by atoms with Crippen molar-refractivity contribution in [1.82, 2.24) is 4.90 Å². The summed E-state index contributed by atoms with van der Waals surface area (Å²) in [6.07, 6.45) is 2.60. The van der Waals surface area contributed by atoms with Gasteiger partial charge >= 0.3 is 0 Å². The van der Waals surface area contributed by atoms with Gasteiger partial charge in [0.1, 0.15) is 11.4 Å². The number of aliphatic hydroxyl groups excluding tert-OH is 1. The Bertz CT molecular complexity index is 1290. The van der Waals surface area contributed by atoms with E-state index in [1.54, 1.807) is 24.3 Å². The largest absolute Gasteiger partial charge is 0.486 e. The number of sulfonamides is 1. The number of hydrogen-bond acceptors (Lipinski definition) is 7. The number of nitrogens with zero attached hydrogens (tertiary/aromatic N) is 2. The maximum absolute atomic E-state index is 13.0. The molecular formula is C25H27N3O5S. The summed E-state index contributed by atoms with van der Waals surface area (Å²) in [4.78, 5) is 15.3. The molecule has 2 atom stereocenters. The van der Waals surface area contributed by atoms with Gasteiger partial charge in [0.2, 0.25) is 10.0 Å². The zero-order valence-corrected chi connectivity index (χ0v) is 19.6. The lowest BCUT2D eigenvalue weighted by molar-refractivity contribution is -0.0429. The first-order valence-electron chi connectivity index (χ1n) is 11.5. The second-order valence-corrected chi connectivity index (χ2v) is 11.2. The number of fused-ring (bicyclic) bond motifs is 2. The van der Waals surface area contributed by atoms with Crippen LogP contribution in [-0.2, 0) is 22.2 Å². The highest BCUT2D eigenvalue weighted by Gasteiger charge is 2.45. The molecule has 2 heterocycles. The lowest BCUT2D eigenvalue weighted by Crippen LogP contribution is -2.54.